The van der Waals surface area contributed by atoms with Crippen molar-refractivity contribution in [1.82, 2.24) is 5.32 Å². The second-order valence-corrected chi connectivity index (χ2v) is 12.0. The Bertz CT molecular complexity index is 333. The molecular formula is C14H27NO3Si. The lowest BCUT2D eigenvalue weighted by Crippen LogP contribution is -2.52. The van der Waals surface area contributed by atoms with Gasteiger partial charge in [0.15, 0.2) is 5.79 Å². The summed E-state index contributed by atoms with van der Waals surface area (Å²) in [6.45, 7) is 11.5. The largest absolute Gasteiger partial charge is 0.396 e. The van der Waals surface area contributed by atoms with E-state index < -0.39 is 13.9 Å². The topological polar surface area (TPSA) is 50.7 Å². The molecule has 1 heterocycles. The molecule has 1 rings (SSSR count). The fourth-order valence-corrected chi connectivity index (χ4v) is 4.08. The molecule has 1 aliphatic heterocycles. The first-order valence-corrected chi connectivity index (χ1v) is 10.4. The van der Waals surface area contributed by atoms with Crippen LogP contribution in [0.2, 0.25) is 19.6 Å². The zero-order valence-corrected chi connectivity index (χ0v) is 13.7. The Morgan fingerprint density at radius 1 is 1.37 bits per heavy atom. The highest BCUT2D eigenvalue weighted by Gasteiger charge is 2.40. The fourth-order valence-electron chi connectivity index (χ4n) is 2.35. The van der Waals surface area contributed by atoms with Crippen LogP contribution in [0, 0.1) is 12.3 Å². The molecule has 0 aromatic heterocycles. The van der Waals surface area contributed by atoms with Gasteiger partial charge in [0.05, 0.1) is 8.07 Å². The van der Waals surface area contributed by atoms with Crippen LogP contribution < -0.4 is 5.32 Å². The molecule has 110 valence electrons. The molecule has 0 amide bonds. The molecule has 0 aliphatic carbocycles. The van der Waals surface area contributed by atoms with Crippen LogP contribution in [0.5, 0.6) is 0 Å². The average molecular weight is 285 g/mol. The molecule has 4 nitrogen and oxygen atoms in total. The summed E-state index contributed by atoms with van der Waals surface area (Å²) in [5.74, 6) is 2.02. The van der Waals surface area contributed by atoms with Crippen LogP contribution >= 0.6 is 0 Å². The molecule has 19 heavy (non-hydrogen) atoms. The monoisotopic (exact) mass is 285 g/mol. The molecule has 0 bridgehead atoms. The zero-order chi connectivity index (χ0) is 14.7. The third-order valence-electron chi connectivity index (χ3n) is 3.38. The number of aliphatic hydroxyl groups excluding tert-OH is 1. The molecule has 1 fully saturated rings. The maximum atomic E-state index is 9.17. The van der Waals surface area contributed by atoms with Crippen LogP contribution in [0.1, 0.15) is 20.3 Å². The van der Waals surface area contributed by atoms with Gasteiger partial charge in [0, 0.05) is 18.8 Å². The van der Waals surface area contributed by atoms with Gasteiger partial charge in [-0.05, 0) is 20.3 Å². The van der Waals surface area contributed by atoms with Crippen molar-refractivity contribution in [3.63, 3.8) is 0 Å². The maximum Gasteiger partial charge on any atom is 0.165 e. The van der Waals surface area contributed by atoms with E-state index in [1.807, 2.05) is 13.8 Å². The average Bonchev–Trinajstić information content (AvgIpc) is 2.57. The number of ether oxygens (including phenoxy) is 2. The molecule has 5 heteroatoms. The van der Waals surface area contributed by atoms with Crippen LogP contribution in [0.15, 0.2) is 0 Å². The Hall–Kier alpha value is -0.383. The molecule has 0 saturated carbocycles. The van der Waals surface area contributed by atoms with Crippen molar-refractivity contribution < 1.29 is 14.6 Å². The predicted octanol–water partition coefficient (Wildman–Crippen LogP) is 1.36. The Kier molecular flexibility index (Phi) is 5.60. The summed E-state index contributed by atoms with van der Waals surface area (Å²) in [5, 5.41) is 12.7. The van der Waals surface area contributed by atoms with Crippen molar-refractivity contribution in [3.8, 4) is 12.3 Å². The number of hydrogen-bond acceptors (Lipinski definition) is 4. The third kappa shape index (κ3) is 4.90. The van der Waals surface area contributed by atoms with Crippen LogP contribution in [0.4, 0.5) is 0 Å². The molecule has 1 aliphatic rings. The second kappa shape index (κ2) is 6.38. The second-order valence-electron chi connectivity index (χ2n) is 6.60. The van der Waals surface area contributed by atoms with Gasteiger partial charge in [-0.15, -0.1) is 6.42 Å². The normalized spacial score (nSPS) is 28.1. The van der Waals surface area contributed by atoms with Crippen molar-refractivity contribution in [1.29, 1.82) is 0 Å². The number of hydrogen-bond donors (Lipinski definition) is 2. The van der Waals surface area contributed by atoms with E-state index in [9.17, 15) is 0 Å². The van der Waals surface area contributed by atoms with Gasteiger partial charge < -0.3 is 19.9 Å². The fraction of sp³-hybridized carbons (Fsp3) is 0.857. The molecule has 1 unspecified atom stereocenters. The van der Waals surface area contributed by atoms with E-state index >= 15 is 0 Å². The zero-order valence-electron chi connectivity index (χ0n) is 12.7. The summed E-state index contributed by atoms with van der Waals surface area (Å²) >= 11 is 0. The smallest absolute Gasteiger partial charge is 0.165 e. The molecule has 0 spiro atoms. The van der Waals surface area contributed by atoms with Crippen LogP contribution in [0.3, 0.4) is 0 Å². The SMILES string of the molecule is C#C[C@@H]1OC(C)(C)O[C@H]1CNC(CCO)[Si](C)(C)C. The first-order chi connectivity index (χ1) is 8.69. The Labute approximate surface area is 117 Å². The van der Waals surface area contributed by atoms with Gasteiger partial charge in [0.25, 0.3) is 0 Å². The molecule has 0 radical (unpaired) electrons. The predicted molar refractivity (Wildman–Crippen MR) is 79.5 cm³/mol. The minimum absolute atomic E-state index is 0.127. The summed E-state index contributed by atoms with van der Waals surface area (Å²) in [7, 11) is -1.37. The van der Waals surface area contributed by atoms with E-state index in [1.165, 1.54) is 0 Å². The van der Waals surface area contributed by atoms with Crippen molar-refractivity contribution in [2.75, 3.05) is 13.2 Å². The van der Waals surface area contributed by atoms with Crippen molar-refractivity contribution in [3.05, 3.63) is 0 Å². The Balaban J connectivity index is 2.57. The van der Waals surface area contributed by atoms with Crippen molar-refractivity contribution in [2.45, 2.75) is 63.6 Å². The summed E-state index contributed by atoms with van der Waals surface area (Å²) < 4.78 is 11.5. The van der Waals surface area contributed by atoms with Crippen LogP contribution in [-0.4, -0.2) is 50.0 Å². The minimum Gasteiger partial charge on any atom is -0.396 e. The van der Waals surface area contributed by atoms with Gasteiger partial charge in [0.2, 0.25) is 0 Å². The van der Waals surface area contributed by atoms with E-state index in [4.69, 9.17) is 21.0 Å². The van der Waals surface area contributed by atoms with E-state index in [-0.39, 0.29) is 18.8 Å². The molecule has 0 aromatic carbocycles. The van der Waals surface area contributed by atoms with Crippen LogP contribution in [-0.2, 0) is 9.47 Å². The quantitative estimate of drug-likeness (QED) is 0.571. The lowest BCUT2D eigenvalue weighted by atomic mass is 10.2. The Morgan fingerprint density at radius 3 is 2.47 bits per heavy atom. The number of nitrogens with one attached hydrogen (secondary N) is 1. The molecule has 3 atom stereocenters. The third-order valence-corrected chi connectivity index (χ3v) is 5.96. The first kappa shape index (κ1) is 16.7. The summed E-state index contributed by atoms with van der Waals surface area (Å²) in [6.07, 6.45) is 5.82. The highest BCUT2D eigenvalue weighted by atomic mass is 28.3. The summed E-state index contributed by atoms with van der Waals surface area (Å²) in [6, 6.07) is 0. The van der Waals surface area contributed by atoms with E-state index in [0.717, 1.165) is 6.42 Å². The van der Waals surface area contributed by atoms with Gasteiger partial charge in [-0.25, -0.2) is 0 Å². The van der Waals surface area contributed by atoms with Gasteiger partial charge in [-0.1, -0.05) is 25.6 Å². The van der Waals surface area contributed by atoms with E-state index in [0.29, 0.717) is 12.2 Å². The number of aliphatic hydroxyl groups is 1. The molecule has 1 saturated heterocycles. The summed E-state index contributed by atoms with van der Waals surface area (Å²) in [4.78, 5) is 0. The van der Waals surface area contributed by atoms with E-state index in [1.54, 1.807) is 0 Å². The van der Waals surface area contributed by atoms with Crippen LogP contribution in [0.25, 0.3) is 0 Å². The van der Waals surface area contributed by atoms with Crippen molar-refractivity contribution in [2.24, 2.45) is 0 Å². The van der Waals surface area contributed by atoms with E-state index in [2.05, 4.69) is 30.9 Å². The number of rotatable bonds is 6. The molecule has 0 aromatic rings. The summed E-state index contributed by atoms with van der Waals surface area (Å²) in [5.41, 5.74) is 0.350. The van der Waals surface area contributed by atoms with Gasteiger partial charge in [0.1, 0.15) is 12.2 Å². The molecular weight excluding hydrogens is 258 g/mol. The maximum absolute atomic E-state index is 9.17. The standard InChI is InChI=1S/C14H27NO3Si/c1-7-11-12(18-14(2,3)17-11)10-15-13(8-9-16)19(4,5)6/h1,11-13,15-16H,8-10H2,2-6H3/t11-,12-,13?/m0/s1. The molecule has 2 N–H and O–H groups in total. The first-order valence-electron chi connectivity index (χ1n) is 6.85. The lowest BCUT2D eigenvalue weighted by Gasteiger charge is -2.30. The number of terminal acetylenes is 1. The minimum atomic E-state index is -1.37. The lowest BCUT2D eigenvalue weighted by molar-refractivity contribution is -0.142. The van der Waals surface area contributed by atoms with Crippen molar-refractivity contribution >= 4 is 8.07 Å². The highest BCUT2D eigenvalue weighted by molar-refractivity contribution is 6.77. The van der Waals surface area contributed by atoms with Gasteiger partial charge in [-0.2, -0.15) is 0 Å². The van der Waals surface area contributed by atoms with Gasteiger partial charge in [-0.3, -0.25) is 0 Å². The Morgan fingerprint density at radius 2 is 2.00 bits per heavy atom. The van der Waals surface area contributed by atoms with Gasteiger partial charge >= 0.3 is 0 Å². The highest BCUT2D eigenvalue weighted by Crippen LogP contribution is 2.27.